The Kier molecular flexibility index (Phi) is 7.09. The molecule has 2 aromatic carbocycles. The van der Waals surface area contributed by atoms with Crippen LogP contribution in [-0.2, 0) is 11.3 Å². The van der Waals surface area contributed by atoms with Crippen LogP contribution in [0.1, 0.15) is 18.2 Å². The minimum Gasteiger partial charge on any atom is -0.465 e. The molecule has 32 heavy (non-hydrogen) atoms. The van der Waals surface area contributed by atoms with Crippen LogP contribution in [0, 0.1) is 0 Å². The normalized spacial score (nSPS) is 12.0. The van der Waals surface area contributed by atoms with Gasteiger partial charge in [-0.25, -0.2) is 10.4 Å². The van der Waals surface area contributed by atoms with Gasteiger partial charge in [-0.3, -0.25) is 4.79 Å². The summed E-state index contributed by atoms with van der Waals surface area (Å²) >= 11 is 7.39. The number of para-hydroxylation sites is 2. The molecular formula is C24H21ClN4O2S. The van der Waals surface area contributed by atoms with Crippen molar-refractivity contribution in [3.05, 3.63) is 88.8 Å². The van der Waals surface area contributed by atoms with Crippen LogP contribution < -0.4 is 5.43 Å². The summed E-state index contributed by atoms with van der Waals surface area (Å²) in [6.45, 7) is 2.52. The lowest BCUT2D eigenvalue weighted by Gasteiger charge is -2.09. The van der Waals surface area contributed by atoms with Crippen LogP contribution in [0.3, 0.4) is 0 Å². The second kappa shape index (κ2) is 10.3. The number of allylic oxidation sites excluding steroid dienone is 1. The van der Waals surface area contributed by atoms with Gasteiger partial charge in [0.2, 0.25) is 0 Å². The molecule has 0 aliphatic rings. The first kappa shape index (κ1) is 21.9. The summed E-state index contributed by atoms with van der Waals surface area (Å²) in [5.74, 6) is 0.722. The van der Waals surface area contributed by atoms with E-state index in [1.54, 1.807) is 12.5 Å². The number of aromatic nitrogens is 2. The zero-order valence-electron chi connectivity index (χ0n) is 17.4. The van der Waals surface area contributed by atoms with Crippen molar-refractivity contribution in [1.29, 1.82) is 0 Å². The lowest BCUT2D eigenvalue weighted by molar-refractivity contribution is -0.118. The number of fused-ring (bicyclic) bond motifs is 1. The van der Waals surface area contributed by atoms with Gasteiger partial charge in [0.15, 0.2) is 5.16 Å². The van der Waals surface area contributed by atoms with Crippen LogP contribution in [0.25, 0.3) is 17.1 Å². The third kappa shape index (κ3) is 5.69. The van der Waals surface area contributed by atoms with Crippen molar-refractivity contribution in [2.45, 2.75) is 18.6 Å². The summed E-state index contributed by atoms with van der Waals surface area (Å²) in [4.78, 5) is 17.0. The second-order valence-electron chi connectivity index (χ2n) is 7.08. The molecule has 0 unspecified atom stereocenters. The van der Waals surface area contributed by atoms with Crippen LogP contribution in [0.15, 0.2) is 87.2 Å². The van der Waals surface area contributed by atoms with E-state index in [-0.39, 0.29) is 11.7 Å². The first-order chi connectivity index (χ1) is 15.6. The Morgan fingerprint density at radius 3 is 2.78 bits per heavy atom. The molecule has 0 fully saturated rings. The van der Waals surface area contributed by atoms with Crippen molar-refractivity contribution in [2.24, 2.45) is 5.10 Å². The molecule has 0 spiro atoms. The van der Waals surface area contributed by atoms with Crippen LogP contribution in [0.5, 0.6) is 0 Å². The molecule has 8 heteroatoms. The van der Waals surface area contributed by atoms with Crippen LogP contribution in [-0.4, -0.2) is 27.4 Å². The molecular weight excluding hydrogens is 444 g/mol. The fourth-order valence-corrected chi connectivity index (χ4v) is 4.02. The quantitative estimate of drug-likeness (QED) is 0.208. The highest BCUT2D eigenvalue weighted by Gasteiger charge is 2.13. The average molecular weight is 465 g/mol. The number of thioether (sulfide) groups is 1. The Morgan fingerprint density at radius 2 is 2.00 bits per heavy atom. The van der Waals surface area contributed by atoms with E-state index in [0.717, 1.165) is 33.1 Å². The number of amides is 1. The second-order valence-corrected chi connectivity index (χ2v) is 8.46. The molecule has 0 saturated carbocycles. The zero-order chi connectivity index (χ0) is 22.3. The van der Waals surface area contributed by atoms with Crippen LogP contribution in [0.4, 0.5) is 0 Å². The highest BCUT2D eigenvalue weighted by molar-refractivity contribution is 7.99. The number of nitrogens with zero attached hydrogens (tertiary/aromatic N) is 3. The van der Waals surface area contributed by atoms with Crippen molar-refractivity contribution in [2.75, 3.05) is 5.75 Å². The molecule has 0 aliphatic heterocycles. The monoisotopic (exact) mass is 464 g/mol. The molecule has 162 valence electrons. The maximum Gasteiger partial charge on any atom is 0.250 e. The minimum atomic E-state index is -0.206. The van der Waals surface area contributed by atoms with E-state index in [4.69, 9.17) is 21.0 Å². The number of imidazole rings is 1. The summed E-state index contributed by atoms with van der Waals surface area (Å²) < 4.78 is 7.37. The molecule has 2 aromatic heterocycles. The molecule has 4 aromatic rings. The molecule has 0 radical (unpaired) electrons. The van der Waals surface area contributed by atoms with Gasteiger partial charge < -0.3 is 8.98 Å². The lowest BCUT2D eigenvalue weighted by atomic mass is 10.2. The fourth-order valence-electron chi connectivity index (χ4n) is 3.09. The van der Waals surface area contributed by atoms with Gasteiger partial charge in [0.05, 0.1) is 35.8 Å². The van der Waals surface area contributed by atoms with E-state index in [2.05, 4.69) is 15.1 Å². The summed E-state index contributed by atoms with van der Waals surface area (Å²) in [6.07, 6.45) is 5.03. The van der Waals surface area contributed by atoms with Crippen molar-refractivity contribution < 1.29 is 9.21 Å². The van der Waals surface area contributed by atoms with E-state index in [1.165, 1.54) is 11.8 Å². The summed E-state index contributed by atoms with van der Waals surface area (Å²) in [5, 5.41) is 5.49. The smallest absolute Gasteiger partial charge is 0.250 e. The summed E-state index contributed by atoms with van der Waals surface area (Å²) in [7, 11) is 0. The van der Waals surface area contributed by atoms with Crippen LogP contribution >= 0.6 is 23.4 Å². The zero-order valence-corrected chi connectivity index (χ0v) is 18.9. The first-order valence-electron chi connectivity index (χ1n) is 9.95. The molecule has 2 heterocycles. The Morgan fingerprint density at radius 1 is 1.19 bits per heavy atom. The largest absolute Gasteiger partial charge is 0.465 e. The number of hydrogen-bond donors (Lipinski definition) is 1. The number of rotatable bonds is 8. The highest BCUT2D eigenvalue weighted by atomic mass is 35.5. The van der Waals surface area contributed by atoms with E-state index < -0.39 is 0 Å². The third-order valence-corrected chi connectivity index (χ3v) is 5.80. The Labute approximate surface area is 195 Å². The van der Waals surface area contributed by atoms with Crippen molar-refractivity contribution in [1.82, 2.24) is 15.0 Å². The molecule has 0 aliphatic carbocycles. The molecule has 6 nitrogen and oxygen atoms in total. The van der Waals surface area contributed by atoms with E-state index >= 15 is 0 Å². The Balaban J connectivity index is 1.41. The molecule has 4 rings (SSSR count). The van der Waals surface area contributed by atoms with Gasteiger partial charge in [0, 0.05) is 5.02 Å². The third-order valence-electron chi connectivity index (χ3n) is 4.58. The number of hydrogen-bond acceptors (Lipinski definition) is 5. The van der Waals surface area contributed by atoms with Gasteiger partial charge in [0.1, 0.15) is 5.76 Å². The molecule has 0 saturated heterocycles. The number of nitrogens with one attached hydrogen (secondary N) is 1. The average Bonchev–Trinajstić information content (AvgIpc) is 3.42. The van der Waals surface area contributed by atoms with Gasteiger partial charge in [-0.2, -0.15) is 5.10 Å². The number of hydrazone groups is 1. The first-order valence-corrected chi connectivity index (χ1v) is 11.3. The van der Waals surface area contributed by atoms with Gasteiger partial charge in [-0.15, -0.1) is 0 Å². The number of halogens is 1. The number of benzene rings is 2. The van der Waals surface area contributed by atoms with Gasteiger partial charge in [-0.05, 0) is 60.5 Å². The number of carbonyl (C=O) groups excluding carboxylic acids is 1. The van der Waals surface area contributed by atoms with Gasteiger partial charge in [-0.1, -0.05) is 47.6 Å². The van der Waals surface area contributed by atoms with Gasteiger partial charge in [0.25, 0.3) is 5.91 Å². The topological polar surface area (TPSA) is 72.4 Å². The van der Waals surface area contributed by atoms with E-state index in [0.29, 0.717) is 11.6 Å². The SMILES string of the molecule is CC(C=NNC(=O)CSc1nc2ccccc2n1Cc1ccc(Cl)cc1)=Cc1ccco1. The van der Waals surface area contributed by atoms with E-state index in [1.807, 2.05) is 73.7 Å². The number of carbonyl (C=O) groups is 1. The maximum atomic E-state index is 12.3. The van der Waals surface area contributed by atoms with Gasteiger partial charge >= 0.3 is 0 Å². The predicted octanol–water partition coefficient (Wildman–Crippen LogP) is 5.63. The van der Waals surface area contributed by atoms with Crippen molar-refractivity contribution in [3.63, 3.8) is 0 Å². The lowest BCUT2D eigenvalue weighted by Crippen LogP contribution is -2.20. The fraction of sp³-hybridized carbons (Fsp3) is 0.125. The van der Waals surface area contributed by atoms with Crippen molar-refractivity contribution >= 4 is 52.6 Å². The standard InChI is InChI=1S/C24H21ClN4O2S/c1-17(13-20-5-4-12-31-20)14-26-28-23(30)16-32-24-27-21-6-2-3-7-22(21)29(24)15-18-8-10-19(25)11-9-18/h2-14H,15-16H2,1H3,(H,28,30). The molecule has 1 N–H and O–H groups in total. The highest BCUT2D eigenvalue weighted by Crippen LogP contribution is 2.25. The molecule has 0 bridgehead atoms. The molecule has 0 atom stereocenters. The maximum absolute atomic E-state index is 12.3. The summed E-state index contributed by atoms with van der Waals surface area (Å²) in [5.41, 5.74) is 6.43. The molecule has 1 amide bonds. The predicted molar refractivity (Wildman–Crippen MR) is 130 cm³/mol. The number of furan rings is 1. The summed E-state index contributed by atoms with van der Waals surface area (Å²) in [6, 6.07) is 19.3. The van der Waals surface area contributed by atoms with Crippen LogP contribution in [0.2, 0.25) is 5.02 Å². The van der Waals surface area contributed by atoms with E-state index in [9.17, 15) is 4.79 Å². The van der Waals surface area contributed by atoms with Crippen molar-refractivity contribution in [3.8, 4) is 0 Å². The Hall–Kier alpha value is -3.29. The Bertz CT molecular complexity index is 1260. The minimum absolute atomic E-state index is 0.197.